The van der Waals surface area contributed by atoms with Crippen molar-refractivity contribution in [2.75, 3.05) is 0 Å². The van der Waals surface area contributed by atoms with Gasteiger partial charge < -0.3 is 15.3 Å². The Kier molecular flexibility index (Phi) is 3.65. The second-order valence-electron chi connectivity index (χ2n) is 9.01. The van der Waals surface area contributed by atoms with Crippen molar-refractivity contribution in [2.45, 2.75) is 5.41 Å². The number of rotatable bonds is 1. The largest absolute Gasteiger partial charge is 0.504 e. The van der Waals surface area contributed by atoms with Crippen LogP contribution in [-0.2, 0) is 5.41 Å². The molecule has 0 radical (unpaired) electrons. The number of phenolic OH excluding ortho intramolecular Hbond substituents is 3. The third kappa shape index (κ3) is 2.21. The Bertz CT molecular complexity index is 1560. The molecule has 5 aromatic carbocycles. The normalized spacial score (nSPS) is 13.9. The molecule has 3 heteroatoms. The number of benzene rings is 5. The molecule has 0 bridgehead atoms. The summed E-state index contributed by atoms with van der Waals surface area (Å²) in [6.07, 6.45) is 0. The second-order valence-corrected chi connectivity index (χ2v) is 9.01. The van der Waals surface area contributed by atoms with Crippen LogP contribution in [0.3, 0.4) is 0 Å². The molecule has 3 N–H and O–H groups in total. The summed E-state index contributed by atoms with van der Waals surface area (Å²) < 4.78 is 0. The molecule has 0 aliphatic heterocycles. The molecule has 0 amide bonds. The highest BCUT2D eigenvalue weighted by atomic mass is 16.3. The molecule has 2 aliphatic rings. The highest BCUT2D eigenvalue weighted by molar-refractivity contribution is 5.95. The van der Waals surface area contributed by atoms with Crippen LogP contribution < -0.4 is 0 Å². The molecule has 2 aliphatic carbocycles. The standard InChI is InChI=1S/C31H20O3/c32-28-16-19(17-29(33)30(28)34)18-13-14-23-22-9-3-6-12-26(22)31(27(23)15-18)24-10-4-1-7-20(24)21-8-2-5-11-25(21)31/h1-17,32-34H. The first-order valence-corrected chi connectivity index (χ1v) is 11.3. The van der Waals surface area contributed by atoms with Crippen LogP contribution in [0.15, 0.2) is 103 Å². The smallest absolute Gasteiger partial charge is 0.200 e. The van der Waals surface area contributed by atoms with Crippen molar-refractivity contribution in [1.29, 1.82) is 0 Å². The Morgan fingerprint density at radius 1 is 0.412 bits per heavy atom. The van der Waals surface area contributed by atoms with Gasteiger partial charge in [0.05, 0.1) is 5.41 Å². The molecule has 3 nitrogen and oxygen atoms in total. The van der Waals surface area contributed by atoms with Gasteiger partial charge in [0.25, 0.3) is 0 Å². The fraction of sp³-hybridized carbons (Fsp3) is 0.0323. The molecule has 5 aromatic rings. The zero-order valence-corrected chi connectivity index (χ0v) is 18.2. The number of phenols is 3. The maximum absolute atomic E-state index is 10.1. The van der Waals surface area contributed by atoms with Gasteiger partial charge in [-0.15, -0.1) is 0 Å². The van der Waals surface area contributed by atoms with Crippen molar-refractivity contribution in [1.82, 2.24) is 0 Å². The Hall–Kier alpha value is -4.50. The minimum absolute atomic E-state index is 0.343. The van der Waals surface area contributed by atoms with Crippen molar-refractivity contribution < 1.29 is 15.3 Å². The zero-order chi connectivity index (χ0) is 23.0. The summed E-state index contributed by atoms with van der Waals surface area (Å²) in [6.45, 7) is 0. The van der Waals surface area contributed by atoms with Gasteiger partial charge in [-0.05, 0) is 73.8 Å². The number of aromatic hydroxyl groups is 3. The maximum atomic E-state index is 10.1. The Morgan fingerprint density at radius 2 is 0.853 bits per heavy atom. The molecule has 1 spiro atoms. The number of hydrogen-bond donors (Lipinski definition) is 3. The summed E-state index contributed by atoms with van der Waals surface area (Å²) in [4.78, 5) is 0. The lowest BCUT2D eigenvalue weighted by atomic mass is 9.70. The monoisotopic (exact) mass is 440 g/mol. The number of fused-ring (bicyclic) bond motifs is 10. The van der Waals surface area contributed by atoms with Crippen molar-refractivity contribution in [3.8, 4) is 50.6 Å². The van der Waals surface area contributed by atoms with E-state index >= 15 is 0 Å². The molecule has 0 saturated heterocycles. The second kappa shape index (κ2) is 6.52. The van der Waals surface area contributed by atoms with Crippen molar-refractivity contribution in [2.24, 2.45) is 0 Å². The zero-order valence-electron chi connectivity index (χ0n) is 18.2. The van der Waals surface area contributed by atoms with E-state index in [9.17, 15) is 15.3 Å². The lowest BCUT2D eigenvalue weighted by molar-refractivity contribution is 0.368. The molecule has 162 valence electrons. The average Bonchev–Trinajstić information content (AvgIpc) is 3.34. The minimum Gasteiger partial charge on any atom is -0.504 e. The SMILES string of the molecule is Oc1cc(-c2ccc3c(c2)C2(c4ccccc4-c4ccccc42)c2ccccc2-3)cc(O)c1O. The van der Waals surface area contributed by atoms with Crippen LogP contribution in [-0.4, -0.2) is 15.3 Å². The third-order valence-corrected chi connectivity index (χ3v) is 7.40. The summed E-state index contributed by atoms with van der Waals surface area (Å²) in [6, 6.07) is 35.1. The summed E-state index contributed by atoms with van der Waals surface area (Å²) in [5.41, 5.74) is 10.9. The molecule has 34 heavy (non-hydrogen) atoms. The van der Waals surface area contributed by atoms with Crippen molar-refractivity contribution in [3.63, 3.8) is 0 Å². The molecule has 0 aromatic heterocycles. The van der Waals surface area contributed by atoms with Crippen LogP contribution in [0.5, 0.6) is 17.2 Å². The molecule has 7 rings (SSSR count). The minimum atomic E-state index is -0.507. The first-order chi connectivity index (χ1) is 16.6. The molecule has 0 saturated carbocycles. The lowest BCUT2D eigenvalue weighted by Gasteiger charge is -2.30. The van der Waals surface area contributed by atoms with E-state index in [1.165, 1.54) is 56.6 Å². The predicted octanol–water partition coefficient (Wildman–Crippen LogP) is 6.81. The van der Waals surface area contributed by atoms with Gasteiger partial charge in [-0.3, -0.25) is 0 Å². The van der Waals surface area contributed by atoms with Gasteiger partial charge in [0.1, 0.15) is 0 Å². The highest BCUT2D eigenvalue weighted by Crippen LogP contribution is 2.63. The molecule has 0 fully saturated rings. The van der Waals surface area contributed by atoms with Crippen LogP contribution in [0.25, 0.3) is 33.4 Å². The number of hydrogen-bond acceptors (Lipinski definition) is 3. The van der Waals surface area contributed by atoms with E-state index in [0.29, 0.717) is 5.56 Å². The van der Waals surface area contributed by atoms with E-state index < -0.39 is 11.2 Å². The first kappa shape index (κ1) is 19.0. The van der Waals surface area contributed by atoms with Crippen LogP contribution in [0.2, 0.25) is 0 Å². The van der Waals surface area contributed by atoms with Gasteiger partial charge in [0.2, 0.25) is 0 Å². The maximum Gasteiger partial charge on any atom is 0.200 e. The van der Waals surface area contributed by atoms with E-state index in [1.807, 2.05) is 6.07 Å². The van der Waals surface area contributed by atoms with Crippen molar-refractivity contribution in [3.05, 3.63) is 125 Å². The Morgan fingerprint density at radius 3 is 1.35 bits per heavy atom. The summed E-state index contributed by atoms with van der Waals surface area (Å²) in [7, 11) is 0. The van der Waals surface area contributed by atoms with Gasteiger partial charge in [0.15, 0.2) is 17.2 Å². The van der Waals surface area contributed by atoms with Gasteiger partial charge >= 0.3 is 0 Å². The van der Waals surface area contributed by atoms with Gasteiger partial charge in [-0.25, -0.2) is 0 Å². The Balaban J connectivity index is 1.60. The van der Waals surface area contributed by atoms with Gasteiger partial charge in [-0.1, -0.05) is 84.9 Å². The molecule has 0 atom stereocenters. The Labute approximate surface area is 196 Å². The van der Waals surface area contributed by atoms with E-state index in [4.69, 9.17) is 0 Å². The van der Waals surface area contributed by atoms with Crippen LogP contribution in [0, 0.1) is 0 Å². The average molecular weight is 440 g/mol. The van der Waals surface area contributed by atoms with E-state index in [2.05, 4.69) is 84.9 Å². The fourth-order valence-electron chi connectivity index (χ4n) is 6.05. The first-order valence-electron chi connectivity index (χ1n) is 11.3. The van der Waals surface area contributed by atoms with Crippen LogP contribution in [0.1, 0.15) is 22.3 Å². The van der Waals surface area contributed by atoms with Gasteiger partial charge in [0, 0.05) is 0 Å². The topological polar surface area (TPSA) is 60.7 Å². The molecule has 0 unspecified atom stereocenters. The third-order valence-electron chi connectivity index (χ3n) is 7.40. The molecular formula is C31H20O3. The van der Waals surface area contributed by atoms with Crippen LogP contribution in [0.4, 0.5) is 0 Å². The molecular weight excluding hydrogens is 420 g/mol. The molecule has 0 heterocycles. The fourth-order valence-corrected chi connectivity index (χ4v) is 6.05. The van der Waals surface area contributed by atoms with E-state index in [1.54, 1.807) is 0 Å². The predicted molar refractivity (Wildman–Crippen MR) is 133 cm³/mol. The van der Waals surface area contributed by atoms with E-state index in [-0.39, 0.29) is 11.5 Å². The van der Waals surface area contributed by atoms with Gasteiger partial charge in [-0.2, -0.15) is 0 Å². The summed E-state index contributed by atoms with van der Waals surface area (Å²) in [5, 5.41) is 30.1. The lowest BCUT2D eigenvalue weighted by Crippen LogP contribution is -2.25. The highest BCUT2D eigenvalue weighted by Gasteiger charge is 2.51. The van der Waals surface area contributed by atoms with Crippen molar-refractivity contribution >= 4 is 0 Å². The van der Waals surface area contributed by atoms with Crippen LogP contribution >= 0.6 is 0 Å². The van der Waals surface area contributed by atoms with E-state index in [0.717, 1.165) is 5.56 Å². The summed E-state index contributed by atoms with van der Waals surface area (Å²) >= 11 is 0. The quantitative estimate of drug-likeness (QED) is 0.246. The summed E-state index contributed by atoms with van der Waals surface area (Å²) in [5.74, 6) is -1.19.